The topological polar surface area (TPSA) is 92.2 Å². The van der Waals surface area contributed by atoms with Crippen LogP contribution in [0.5, 0.6) is 5.75 Å². The second-order valence-electron chi connectivity index (χ2n) is 6.14. The molecule has 0 aliphatic carbocycles. The van der Waals surface area contributed by atoms with Crippen LogP contribution in [0.1, 0.15) is 12.5 Å². The highest BCUT2D eigenvalue weighted by Crippen LogP contribution is 2.22. The summed E-state index contributed by atoms with van der Waals surface area (Å²) in [6, 6.07) is 13.4. The van der Waals surface area contributed by atoms with Crippen molar-refractivity contribution >= 4 is 11.8 Å². The lowest BCUT2D eigenvalue weighted by atomic mass is 10.2. The molecule has 27 heavy (non-hydrogen) atoms. The van der Waals surface area contributed by atoms with Crippen molar-refractivity contribution < 1.29 is 9.84 Å². The molecule has 0 radical (unpaired) electrons. The van der Waals surface area contributed by atoms with Crippen molar-refractivity contribution in [1.82, 2.24) is 15.0 Å². The highest BCUT2D eigenvalue weighted by molar-refractivity contribution is 5.63. The lowest BCUT2D eigenvalue weighted by molar-refractivity contribution is 0.281. The molecule has 0 spiro atoms. The lowest BCUT2D eigenvalue weighted by Crippen LogP contribution is -2.21. The lowest BCUT2D eigenvalue weighted by Gasteiger charge is -2.14. The number of pyridine rings is 1. The molecule has 7 nitrogen and oxygen atoms in total. The molecule has 3 rings (SSSR count). The molecule has 1 aromatic carbocycles. The first-order chi connectivity index (χ1) is 13.2. The molecule has 140 valence electrons. The van der Waals surface area contributed by atoms with Gasteiger partial charge in [-0.1, -0.05) is 12.1 Å². The van der Waals surface area contributed by atoms with Crippen molar-refractivity contribution in [2.75, 3.05) is 24.4 Å². The number of rotatable bonds is 8. The van der Waals surface area contributed by atoms with Gasteiger partial charge in [0.1, 0.15) is 11.6 Å². The zero-order valence-electron chi connectivity index (χ0n) is 15.4. The second kappa shape index (κ2) is 8.95. The van der Waals surface area contributed by atoms with Gasteiger partial charge in [-0.05, 0) is 36.8 Å². The molecule has 2 aromatic heterocycles. The number of aliphatic hydroxyl groups is 1. The first-order valence-corrected chi connectivity index (χ1v) is 8.71. The molecule has 3 aromatic rings. The molecule has 7 heteroatoms. The quantitative estimate of drug-likeness (QED) is 0.565. The smallest absolute Gasteiger partial charge is 0.225 e. The Morgan fingerprint density at radius 3 is 2.78 bits per heavy atom. The summed E-state index contributed by atoms with van der Waals surface area (Å²) in [5.41, 5.74) is 2.72. The molecule has 0 amide bonds. The molecule has 0 saturated heterocycles. The Balaban J connectivity index is 1.85. The van der Waals surface area contributed by atoms with Crippen molar-refractivity contribution in [2.24, 2.45) is 0 Å². The monoisotopic (exact) mass is 365 g/mol. The molecule has 3 N–H and O–H groups in total. The fraction of sp³-hybridized carbons (Fsp3) is 0.250. The number of ether oxygens (including phenoxy) is 1. The zero-order chi connectivity index (χ0) is 19.1. The van der Waals surface area contributed by atoms with Crippen molar-refractivity contribution in [3.8, 4) is 17.0 Å². The number of aliphatic hydroxyl groups excluding tert-OH is 1. The van der Waals surface area contributed by atoms with Crippen LogP contribution >= 0.6 is 0 Å². The van der Waals surface area contributed by atoms with Gasteiger partial charge < -0.3 is 20.5 Å². The summed E-state index contributed by atoms with van der Waals surface area (Å²) in [5.74, 6) is 1.94. The standard InChI is InChI=1S/C20H23N5O2/c1-14(13-26)23-20-24-18(16-6-4-8-21-12-16)10-19(25-20)22-11-15-5-3-7-17(9-15)27-2/h3-10,12,14,26H,11,13H2,1-2H3,(H2,22,23,24,25)/t14-/m0/s1. The van der Waals surface area contributed by atoms with Crippen molar-refractivity contribution in [3.63, 3.8) is 0 Å². The van der Waals surface area contributed by atoms with Crippen molar-refractivity contribution in [3.05, 3.63) is 60.4 Å². The van der Waals surface area contributed by atoms with Gasteiger partial charge in [-0.2, -0.15) is 4.98 Å². The molecule has 1 atom stereocenters. The Labute approximate surface area is 158 Å². The molecular weight excluding hydrogens is 342 g/mol. The maximum atomic E-state index is 9.30. The summed E-state index contributed by atoms with van der Waals surface area (Å²) in [4.78, 5) is 13.2. The summed E-state index contributed by atoms with van der Waals surface area (Å²) >= 11 is 0. The van der Waals surface area contributed by atoms with Gasteiger partial charge in [-0.25, -0.2) is 4.98 Å². The predicted molar refractivity (Wildman–Crippen MR) is 106 cm³/mol. The van der Waals surface area contributed by atoms with Gasteiger partial charge in [0.15, 0.2) is 0 Å². The van der Waals surface area contributed by atoms with E-state index in [9.17, 15) is 5.11 Å². The number of hydrogen-bond donors (Lipinski definition) is 3. The Hall–Kier alpha value is -3.19. The molecule has 2 heterocycles. The van der Waals surface area contributed by atoms with Crippen molar-refractivity contribution in [2.45, 2.75) is 19.5 Å². The number of aromatic nitrogens is 3. The van der Waals surface area contributed by atoms with E-state index in [1.54, 1.807) is 19.5 Å². The summed E-state index contributed by atoms with van der Waals surface area (Å²) in [6.45, 7) is 2.45. The molecule has 0 fully saturated rings. The van der Waals surface area contributed by atoms with E-state index in [1.165, 1.54) is 0 Å². The Morgan fingerprint density at radius 1 is 1.15 bits per heavy atom. The maximum Gasteiger partial charge on any atom is 0.225 e. The summed E-state index contributed by atoms with van der Waals surface area (Å²) in [6.07, 6.45) is 3.48. The number of hydrogen-bond acceptors (Lipinski definition) is 7. The minimum absolute atomic E-state index is 0.00689. The second-order valence-corrected chi connectivity index (χ2v) is 6.14. The average Bonchev–Trinajstić information content (AvgIpc) is 2.72. The third-order valence-electron chi connectivity index (χ3n) is 3.94. The van der Waals surface area contributed by atoms with Gasteiger partial charge in [-0.3, -0.25) is 4.98 Å². The molecule has 0 aliphatic rings. The fourth-order valence-corrected chi connectivity index (χ4v) is 2.51. The van der Waals surface area contributed by atoms with Gasteiger partial charge in [0.2, 0.25) is 5.95 Å². The van der Waals surface area contributed by atoms with Gasteiger partial charge >= 0.3 is 0 Å². The number of nitrogens with zero attached hydrogens (tertiary/aromatic N) is 3. The highest BCUT2D eigenvalue weighted by Gasteiger charge is 2.09. The average molecular weight is 365 g/mol. The van der Waals surface area contributed by atoms with E-state index >= 15 is 0 Å². The van der Waals surface area contributed by atoms with E-state index in [4.69, 9.17) is 4.74 Å². The van der Waals surface area contributed by atoms with E-state index in [0.717, 1.165) is 22.6 Å². The first kappa shape index (κ1) is 18.6. The Kier molecular flexibility index (Phi) is 6.17. The van der Waals surface area contributed by atoms with E-state index in [0.29, 0.717) is 18.3 Å². The van der Waals surface area contributed by atoms with Gasteiger partial charge in [0, 0.05) is 36.6 Å². The van der Waals surface area contributed by atoms with E-state index in [1.807, 2.05) is 49.4 Å². The van der Waals surface area contributed by atoms with Crippen LogP contribution in [0.2, 0.25) is 0 Å². The molecular formula is C20H23N5O2. The van der Waals surface area contributed by atoms with Crippen molar-refractivity contribution in [1.29, 1.82) is 0 Å². The third-order valence-corrected chi connectivity index (χ3v) is 3.94. The van der Waals surface area contributed by atoms with E-state index in [2.05, 4.69) is 25.6 Å². The normalized spacial score (nSPS) is 11.7. The van der Waals surface area contributed by atoms with Gasteiger partial charge in [0.25, 0.3) is 0 Å². The van der Waals surface area contributed by atoms with Crippen LogP contribution in [-0.2, 0) is 6.54 Å². The maximum absolute atomic E-state index is 9.30. The number of methoxy groups -OCH3 is 1. The molecule has 0 unspecified atom stereocenters. The van der Waals surface area contributed by atoms with Crippen LogP contribution in [0.25, 0.3) is 11.3 Å². The minimum atomic E-state index is -0.152. The van der Waals surface area contributed by atoms with Crippen LogP contribution in [0, 0.1) is 0 Å². The Morgan fingerprint density at radius 2 is 2.04 bits per heavy atom. The summed E-state index contributed by atoms with van der Waals surface area (Å²) < 4.78 is 5.27. The number of anilines is 2. The predicted octanol–water partition coefficient (Wildman–Crippen LogP) is 2.95. The van der Waals surface area contributed by atoms with Crippen LogP contribution in [-0.4, -0.2) is 39.8 Å². The van der Waals surface area contributed by atoms with E-state index in [-0.39, 0.29) is 12.6 Å². The number of nitrogens with one attached hydrogen (secondary N) is 2. The highest BCUT2D eigenvalue weighted by atomic mass is 16.5. The fourth-order valence-electron chi connectivity index (χ4n) is 2.51. The number of benzene rings is 1. The largest absolute Gasteiger partial charge is 0.497 e. The Bertz CT molecular complexity index is 873. The summed E-state index contributed by atoms with van der Waals surface area (Å²) in [5, 5.41) is 15.7. The zero-order valence-corrected chi connectivity index (χ0v) is 15.4. The van der Waals surface area contributed by atoms with Crippen LogP contribution in [0.4, 0.5) is 11.8 Å². The third kappa shape index (κ3) is 5.15. The van der Waals surface area contributed by atoms with Crippen LogP contribution in [0.15, 0.2) is 54.9 Å². The summed E-state index contributed by atoms with van der Waals surface area (Å²) in [7, 11) is 1.65. The van der Waals surface area contributed by atoms with Gasteiger partial charge in [-0.15, -0.1) is 0 Å². The molecule has 0 bridgehead atoms. The van der Waals surface area contributed by atoms with Crippen LogP contribution in [0.3, 0.4) is 0 Å². The van der Waals surface area contributed by atoms with E-state index < -0.39 is 0 Å². The van der Waals surface area contributed by atoms with Crippen LogP contribution < -0.4 is 15.4 Å². The first-order valence-electron chi connectivity index (χ1n) is 8.71. The molecule has 0 aliphatic heterocycles. The molecule has 0 saturated carbocycles. The van der Waals surface area contributed by atoms with Gasteiger partial charge in [0.05, 0.1) is 19.4 Å². The minimum Gasteiger partial charge on any atom is -0.497 e. The SMILES string of the molecule is COc1cccc(CNc2cc(-c3cccnc3)nc(N[C@@H](C)CO)n2)c1.